The van der Waals surface area contributed by atoms with Crippen LogP contribution in [-0.2, 0) is 0 Å². The van der Waals surface area contributed by atoms with Gasteiger partial charge in [0.15, 0.2) is 8.15 Å². The van der Waals surface area contributed by atoms with Crippen LogP contribution in [0.2, 0.25) is 0 Å². The molecular weight excluding hydrogens is 503 g/mol. The van der Waals surface area contributed by atoms with E-state index in [0.29, 0.717) is 0 Å². The van der Waals surface area contributed by atoms with Gasteiger partial charge in [-0.2, -0.15) is 0 Å². The highest BCUT2D eigenvalue weighted by atomic mass is 31.1. The van der Waals surface area contributed by atoms with Crippen molar-refractivity contribution in [1.82, 2.24) is 0 Å². The van der Waals surface area contributed by atoms with E-state index in [0.717, 1.165) is 5.75 Å². The largest absolute Gasteiger partial charge is 0.464 e. The molecule has 0 aromatic heterocycles. The Morgan fingerprint density at radius 3 is 1.20 bits per heavy atom. The fraction of sp³-hybridized carbons (Fsp3) is 0. The maximum atomic E-state index is 7.03. The Morgan fingerprint density at radius 2 is 0.725 bits per heavy atom. The van der Waals surface area contributed by atoms with Gasteiger partial charge in [0, 0.05) is 10.6 Å². The minimum absolute atomic E-state index is 0.894. The van der Waals surface area contributed by atoms with Gasteiger partial charge in [0.1, 0.15) is 5.75 Å². The van der Waals surface area contributed by atoms with Crippen LogP contribution in [0.1, 0.15) is 0 Å². The standard InChI is InChI=1S/C38H23OP/c1-2-10-30(11-3-1)39-40(33-22-18-28-14-12-24-6-4-8-26-16-20-31(33)37(28)35(24)26)34-23-19-29-15-13-25-7-5-9-27-17-21-32(34)38(29)36(25)27/h1-23H. The second kappa shape index (κ2) is 8.39. The molecule has 0 bridgehead atoms. The Bertz CT molecular complexity index is 2180. The molecule has 0 radical (unpaired) electrons. The summed E-state index contributed by atoms with van der Waals surface area (Å²) < 4.78 is 7.03. The van der Waals surface area contributed by atoms with Gasteiger partial charge in [0.2, 0.25) is 0 Å². The van der Waals surface area contributed by atoms with Gasteiger partial charge in [-0.15, -0.1) is 0 Å². The highest BCUT2D eigenvalue weighted by molar-refractivity contribution is 7.69. The molecule has 0 atom stereocenters. The topological polar surface area (TPSA) is 9.23 Å². The van der Waals surface area contributed by atoms with E-state index in [4.69, 9.17) is 4.52 Å². The summed E-state index contributed by atoms with van der Waals surface area (Å²) in [5, 5.41) is 18.0. The van der Waals surface area contributed by atoms with Gasteiger partial charge in [-0.05, 0) is 88.9 Å². The average Bonchev–Trinajstić information content (AvgIpc) is 3.02. The Morgan fingerprint density at radius 1 is 0.325 bits per heavy atom. The Hall–Kier alpha value is -4.71. The molecule has 40 heavy (non-hydrogen) atoms. The third kappa shape index (κ3) is 3.13. The van der Waals surface area contributed by atoms with E-state index in [9.17, 15) is 0 Å². The highest BCUT2D eigenvalue weighted by Crippen LogP contribution is 2.45. The van der Waals surface area contributed by atoms with Crippen molar-refractivity contribution in [3.63, 3.8) is 0 Å². The number of benzene rings is 9. The minimum Gasteiger partial charge on any atom is -0.464 e. The van der Waals surface area contributed by atoms with E-state index in [1.165, 1.54) is 75.2 Å². The second-order valence-electron chi connectivity index (χ2n) is 10.6. The van der Waals surface area contributed by atoms with Gasteiger partial charge >= 0.3 is 0 Å². The van der Waals surface area contributed by atoms with Gasteiger partial charge in [0.05, 0.1) is 0 Å². The summed E-state index contributed by atoms with van der Waals surface area (Å²) in [5.74, 6) is 0.894. The maximum absolute atomic E-state index is 7.03. The number of hydrogen-bond acceptors (Lipinski definition) is 1. The first-order valence-corrected chi connectivity index (χ1v) is 15.0. The number of para-hydroxylation sites is 1. The lowest BCUT2D eigenvalue weighted by Gasteiger charge is -2.24. The normalized spacial score (nSPS) is 12.2. The van der Waals surface area contributed by atoms with Crippen molar-refractivity contribution in [3.05, 3.63) is 140 Å². The van der Waals surface area contributed by atoms with Crippen molar-refractivity contribution < 1.29 is 4.52 Å². The predicted octanol–water partition coefficient (Wildman–Crippen LogP) is 9.91. The molecule has 0 unspecified atom stereocenters. The molecule has 0 saturated heterocycles. The van der Waals surface area contributed by atoms with E-state index in [2.05, 4.69) is 133 Å². The molecule has 0 aliphatic rings. The van der Waals surface area contributed by atoms with Crippen molar-refractivity contribution in [3.8, 4) is 5.75 Å². The van der Waals surface area contributed by atoms with Crippen LogP contribution in [0.3, 0.4) is 0 Å². The van der Waals surface area contributed by atoms with Crippen molar-refractivity contribution in [2.45, 2.75) is 0 Å². The molecule has 9 rings (SSSR count). The zero-order valence-electron chi connectivity index (χ0n) is 21.6. The third-order valence-electron chi connectivity index (χ3n) is 8.39. The van der Waals surface area contributed by atoms with Crippen LogP contribution in [-0.4, -0.2) is 0 Å². The summed E-state index contributed by atoms with van der Waals surface area (Å²) in [4.78, 5) is 0. The van der Waals surface area contributed by atoms with Crippen LogP contribution in [0.15, 0.2) is 140 Å². The summed E-state index contributed by atoms with van der Waals surface area (Å²) in [7, 11) is -1.18. The van der Waals surface area contributed by atoms with Crippen LogP contribution in [0.4, 0.5) is 0 Å². The highest BCUT2D eigenvalue weighted by Gasteiger charge is 2.25. The molecule has 0 amide bonds. The molecule has 0 heterocycles. The Balaban J connectivity index is 1.38. The number of rotatable bonds is 4. The lowest BCUT2D eigenvalue weighted by molar-refractivity contribution is 0.630. The first-order valence-electron chi connectivity index (χ1n) is 13.7. The molecule has 0 aliphatic carbocycles. The summed E-state index contributed by atoms with van der Waals surface area (Å²) in [6, 6.07) is 50.8. The van der Waals surface area contributed by atoms with Crippen LogP contribution in [0.5, 0.6) is 5.75 Å². The first-order chi connectivity index (χ1) is 19.8. The fourth-order valence-corrected chi connectivity index (χ4v) is 8.63. The summed E-state index contributed by atoms with van der Waals surface area (Å²) in [5.41, 5.74) is 0. The molecular formula is C38H23OP. The van der Waals surface area contributed by atoms with Gasteiger partial charge in [-0.1, -0.05) is 115 Å². The molecule has 0 fully saturated rings. The molecule has 186 valence electrons. The van der Waals surface area contributed by atoms with E-state index < -0.39 is 8.15 Å². The van der Waals surface area contributed by atoms with Gasteiger partial charge < -0.3 is 4.52 Å². The zero-order chi connectivity index (χ0) is 26.2. The van der Waals surface area contributed by atoms with Gasteiger partial charge in [-0.3, -0.25) is 0 Å². The van der Waals surface area contributed by atoms with Gasteiger partial charge in [0.25, 0.3) is 0 Å². The monoisotopic (exact) mass is 526 g/mol. The second-order valence-corrected chi connectivity index (χ2v) is 12.3. The Labute approximate surface area is 232 Å². The Kier molecular flexibility index (Phi) is 4.65. The fourth-order valence-electron chi connectivity index (χ4n) is 6.61. The van der Waals surface area contributed by atoms with Gasteiger partial charge in [-0.25, -0.2) is 0 Å². The predicted molar refractivity (Wildman–Crippen MR) is 174 cm³/mol. The lowest BCUT2D eigenvalue weighted by atomic mass is 9.94. The van der Waals surface area contributed by atoms with E-state index >= 15 is 0 Å². The van der Waals surface area contributed by atoms with Crippen molar-refractivity contribution in [2.24, 2.45) is 0 Å². The van der Waals surface area contributed by atoms with E-state index in [1.54, 1.807) is 0 Å². The molecule has 0 aliphatic heterocycles. The zero-order valence-corrected chi connectivity index (χ0v) is 22.5. The van der Waals surface area contributed by atoms with Crippen LogP contribution in [0.25, 0.3) is 64.6 Å². The maximum Gasteiger partial charge on any atom is 0.152 e. The van der Waals surface area contributed by atoms with Crippen LogP contribution in [0, 0.1) is 0 Å². The summed E-state index contributed by atoms with van der Waals surface area (Å²) >= 11 is 0. The number of hydrogen-bond donors (Lipinski definition) is 0. The molecule has 9 aromatic rings. The third-order valence-corrected chi connectivity index (χ3v) is 10.4. The van der Waals surface area contributed by atoms with E-state index in [1.807, 2.05) is 6.07 Å². The summed E-state index contributed by atoms with van der Waals surface area (Å²) in [6.07, 6.45) is 0. The molecule has 9 aromatic carbocycles. The van der Waals surface area contributed by atoms with Crippen molar-refractivity contribution >= 4 is 83.4 Å². The van der Waals surface area contributed by atoms with Crippen LogP contribution >= 0.6 is 8.15 Å². The minimum atomic E-state index is -1.18. The van der Waals surface area contributed by atoms with Crippen molar-refractivity contribution in [2.75, 3.05) is 0 Å². The van der Waals surface area contributed by atoms with Crippen LogP contribution < -0.4 is 15.1 Å². The first kappa shape index (κ1) is 22.1. The lowest BCUT2D eigenvalue weighted by Crippen LogP contribution is -2.18. The summed E-state index contributed by atoms with van der Waals surface area (Å²) in [6.45, 7) is 0. The molecule has 2 heteroatoms. The molecule has 0 N–H and O–H groups in total. The smallest absolute Gasteiger partial charge is 0.152 e. The SMILES string of the molecule is c1ccc(OP(c2ccc3ccc4cccc5ccc2c3c45)c2ccc3ccc4cccc5ccc2c3c45)cc1. The molecule has 0 saturated carbocycles. The van der Waals surface area contributed by atoms with E-state index in [-0.39, 0.29) is 0 Å². The van der Waals surface area contributed by atoms with Crippen molar-refractivity contribution in [1.29, 1.82) is 0 Å². The quantitative estimate of drug-likeness (QED) is 0.164. The molecule has 1 nitrogen and oxygen atoms in total. The molecule has 0 spiro atoms. The average molecular weight is 527 g/mol.